The van der Waals surface area contributed by atoms with E-state index in [-0.39, 0.29) is 6.04 Å². The molecule has 0 aliphatic heterocycles. The van der Waals surface area contributed by atoms with E-state index < -0.39 is 0 Å². The van der Waals surface area contributed by atoms with Gasteiger partial charge < -0.3 is 8.98 Å². The number of rotatable bonds is 5. The van der Waals surface area contributed by atoms with Crippen molar-refractivity contribution < 1.29 is 4.42 Å². The topological polar surface area (TPSA) is 55.9 Å². The lowest BCUT2D eigenvalue weighted by molar-refractivity contribution is 0.432. The summed E-state index contributed by atoms with van der Waals surface area (Å²) < 4.78 is 7.87. The molecular weight excluding hydrogens is 324 g/mol. The minimum Gasteiger partial charge on any atom is -0.444 e. The first-order chi connectivity index (χ1) is 12.6. The highest BCUT2D eigenvalue weighted by Gasteiger charge is 2.21. The van der Waals surface area contributed by atoms with Gasteiger partial charge in [-0.3, -0.25) is 5.32 Å². The van der Waals surface area contributed by atoms with E-state index in [9.17, 15) is 0 Å². The molecule has 0 saturated heterocycles. The van der Waals surface area contributed by atoms with Crippen molar-refractivity contribution in [2.45, 2.75) is 26.4 Å². The molecule has 1 atom stereocenters. The standard InChI is InChI=1S/C21H22N4O/c1-14-15(2)26-19(23-14)13-22-20(16-9-5-4-6-10-16)21-24-17-11-7-8-12-18(17)25(21)3/h4-12,20,22H,13H2,1-3H3. The van der Waals surface area contributed by atoms with Crippen LogP contribution in [0.4, 0.5) is 0 Å². The third kappa shape index (κ3) is 3.02. The van der Waals surface area contributed by atoms with Gasteiger partial charge in [0.05, 0.1) is 29.3 Å². The number of fused-ring (bicyclic) bond motifs is 1. The fourth-order valence-electron chi connectivity index (χ4n) is 3.23. The molecule has 0 amide bonds. The summed E-state index contributed by atoms with van der Waals surface area (Å²) in [5.41, 5.74) is 4.20. The number of imidazole rings is 1. The number of benzene rings is 2. The minimum atomic E-state index is -0.0545. The molecule has 1 N–H and O–H groups in total. The van der Waals surface area contributed by atoms with Gasteiger partial charge in [0.1, 0.15) is 11.6 Å². The Labute approximate surface area is 152 Å². The predicted molar refractivity (Wildman–Crippen MR) is 102 cm³/mol. The average molecular weight is 346 g/mol. The zero-order valence-electron chi connectivity index (χ0n) is 15.2. The lowest BCUT2D eigenvalue weighted by Gasteiger charge is -2.18. The molecular formula is C21H22N4O. The van der Waals surface area contributed by atoms with Crippen LogP contribution >= 0.6 is 0 Å². The van der Waals surface area contributed by atoms with Crippen molar-refractivity contribution in [3.8, 4) is 0 Å². The molecule has 0 radical (unpaired) electrons. The maximum Gasteiger partial charge on any atom is 0.208 e. The predicted octanol–water partition coefficient (Wildman–Crippen LogP) is 4.06. The van der Waals surface area contributed by atoms with Gasteiger partial charge in [-0.15, -0.1) is 0 Å². The van der Waals surface area contributed by atoms with Crippen LogP contribution < -0.4 is 5.32 Å². The van der Waals surface area contributed by atoms with Crippen molar-refractivity contribution in [2.75, 3.05) is 0 Å². The second-order valence-electron chi connectivity index (χ2n) is 6.49. The van der Waals surface area contributed by atoms with Crippen LogP contribution in [0, 0.1) is 13.8 Å². The number of aromatic nitrogens is 3. The van der Waals surface area contributed by atoms with Gasteiger partial charge in [-0.2, -0.15) is 0 Å². The Bertz CT molecular complexity index is 1010. The molecule has 26 heavy (non-hydrogen) atoms. The summed E-state index contributed by atoms with van der Waals surface area (Å²) in [6.45, 7) is 4.44. The van der Waals surface area contributed by atoms with E-state index in [1.807, 2.05) is 50.2 Å². The summed E-state index contributed by atoms with van der Waals surface area (Å²) in [6.07, 6.45) is 0. The Hall–Kier alpha value is -2.92. The number of para-hydroxylation sites is 2. The van der Waals surface area contributed by atoms with Crippen LogP contribution in [-0.2, 0) is 13.6 Å². The third-order valence-electron chi connectivity index (χ3n) is 4.74. The molecule has 1 unspecified atom stereocenters. The highest BCUT2D eigenvalue weighted by Crippen LogP contribution is 2.25. The van der Waals surface area contributed by atoms with E-state index in [2.05, 4.69) is 40.1 Å². The van der Waals surface area contributed by atoms with E-state index >= 15 is 0 Å². The van der Waals surface area contributed by atoms with Crippen molar-refractivity contribution in [1.29, 1.82) is 0 Å². The number of oxazole rings is 1. The smallest absolute Gasteiger partial charge is 0.208 e. The highest BCUT2D eigenvalue weighted by molar-refractivity contribution is 5.76. The van der Waals surface area contributed by atoms with Crippen LogP contribution in [0.3, 0.4) is 0 Å². The lowest BCUT2D eigenvalue weighted by atomic mass is 10.1. The molecule has 5 nitrogen and oxygen atoms in total. The van der Waals surface area contributed by atoms with E-state index in [4.69, 9.17) is 9.40 Å². The minimum absolute atomic E-state index is 0.0545. The second kappa shape index (κ2) is 6.77. The first-order valence-electron chi connectivity index (χ1n) is 8.76. The first-order valence-corrected chi connectivity index (χ1v) is 8.76. The number of nitrogens with one attached hydrogen (secondary N) is 1. The molecule has 0 spiro atoms. The molecule has 2 heterocycles. The Balaban J connectivity index is 1.71. The Morgan fingerprint density at radius 3 is 2.42 bits per heavy atom. The zero-order chi connectivity index (χ0) is 18.1. The van der Waals surface area contributed by atoms with E-state index in [1.165, 1.54) is 0 Å². The average Bonchev–Trinajstić information content (AvgIpc) is 3.16. The number of hydrogen-bond donors (Lipinski definition) is 1. The normalized spacial score (nSPS) is 12.6. The summed E-state index contributed by atoms with van der Waals surface area (Å²) in [5, 5.41) is 3.57. The van der Waals surface area contributed by atoms with Gasteiger partial charge in [0.2, 0.25) is 5.89 Å². The molecule has 4 rings (SSSR count). The lowest BCUT2D eigenvalue weighted by Crippen LogP contribution is -2.25. The summed E-state index contributed by atoms with van der Waals surface area (Å²) in [7, 11) is 2.06. The Morgan fingerprint density at radius 2 is 1.73 bits per heavy atom. The molecule has 5 heteroatoms. The molecule has 0 saturated carbocycles. The fraction of sp³-hybridized carbons (Fsp3) is 0.238. The summed E-state index contributed by atoms with van der Waals surface area (Å²) >= 11 is 0. The van der Waals surface area contributed by atoms with Crippen LogP contribution in [0.15, 0.2) is 59.0 Å². The third-order valence-corrected chi connectivity index (χ3v) is 4.74. The SMILES string of the molecule is Cc1nc(CNC(c2ccccc2)c2nc3ccccc3n2C)oc1C. The van der Waals surface area contributed by atoms with Gasteiger partial charge in [0.25, 0.3) is 0 Å². The van der Waals surface area contributed by atoms with Crippen LogP contribution in [0.2, 0.25) is 0 Å². The molecule has 0 aliphatic rings. The van der Waals surface area contributed by atoms with Crippen LogP contribution in [-0.4, -0.2) is 14.5 Å². The van der Waals surface area contributed by atoms with Crippen molar-refractivity contribution in [1.82, 2.24) is 19.9 Å². The quantitative estimate of drug-likeness (QED) is 0.592. The Morgan fingerprint density at radius 1 is 1.00 bits per heavy atom. The van der Waals surface area contributed by atoms with Gasteiger partial charge in [0.15, 0.2) is 0 Å². The van der Waals surface area contributed by atoms with Crippen LogP contribution in [0.1, 0.15) is 34.8 Å². The number of nitrogens with zero attached hydrogens (tertiary/aromatic N) is 3. The van der Waals surface area contributed by atoms with E-state index in [0.717, 1.165) is 33.9 Å². The van der Waals surface area contributed by atoms with Gasteiger partial charge in [0, 0.05) is 7.05 Å². The number of hydrogen-bond acceptors (Lipinski definition) is 4. The van der Waals surface area contributed by atoms with Gasteiger partial charge >= 0.3 is 0 Å². The first kappa shape index (κ1) is 16.5. The molecule has 0 aliphatic carbocycles. The maximum absolute atomic E-state index is 5.72. The summed E-state index contributed by atoms with van der Waals surface area (Å²) in [6, 6.07) is 18.5. The van der Waals surface area contributed by atoms with Crippen molar-refractivity contribution in [2.24, 2.45) is 7.05 Å². The second-order valence-corrected chi connectivity index (χ2v) is 6.49. The van der Waals surface area contributed by atoms with Crippen molar-refractivity contribution >= 4 is 11.0 Å². The van der Waals surface area contributed by atoms with Gasteiger partial charge in [-0.1, -0.05) is 42.5 Å². The molecule has 2 aromatic heterocycles. The zero-order valence-corrected chi connectivity index (χ0v) is 15.2. The summed E-state index contributed by atoms with van der Waals surface area (Å²) in [5.74, 6) is 2.53. The Kier molecular flexibility index (Phi) is 4.31. The van der Waals surface area contributed by atoms with Crippen LogP contribution in [0.25, 0.3) is 11.0 Å². The molecule has 2 aromatic carbocycles. The van der Waals surface area contributed by atoms with E-state index in [0.29, 0.717) is 12.4 Å². The van der Waals surface area contributed by atoms with E-state index in [1.54, 1.807) is 0 Å². The molecule has 0 bridgehead atoms. The number of aryl methyl sites for hydroxylation is 3. The van der Waals surface area contributed by atoms with Gasteiger partial charge in [-0.05, 0) is 31.5 Å². The maximum atomic E-state index is 5.72. The van der Waals surface area contributed by atoms with Crippen molar-refractivity contribution in [3.05, 3.63) is 83.3 Å². The van der Waals surface area contributed by atoms with Crippen LogP contribution in [0.5, 0.6) is 0 Å². The summed E-state index contributed by atoms with van der Waals surface area (Å²) in [4.78, 5) is 9.35. The highest BCUT2D eigenvalue weighted by atomic mass is 16.4. The van der Waals surface area contributed by atoms with Crippen molar-refractivity contribution in [3.63, 3.8) is 0 Å². The molecule has 4 aromatic rings. The van der Waals surface area contributed by atoms with Gasteiger partial charge in [-0.25, -0.2) is 9.97 Å². The molecule has 132 valence electrons. The largest absolute Gasteiger partial charge is 0.444 e. The molecule has 0 fully saturated rings. The monoisotopic (exact) mass is 346 g/mol. The fourth-order valence-corrected chi connectivity index (χ4v) is 3.23.